The molecule has 0 radical (unpaired) electrons. The van der Waals surface area contributed by atoms with Crippen LogP contribution in [0.15, 0.2) is 53.4 Å². The van der Waals surface area contributed by atoms with Gasteiger partial charge in [0.25, 0.3) is 5.91 Å². The molecule has 0 saturated carbocycles. The van der Waals surface area contributed by atoms with Gasteiger partial charge in [0.2, 0.25) is 21.8 Å². The molecule has 0 aliphatic carbocycles. The SMILES string of the molecule is CC(=O)N(CCc1ccc(S(N)(=O)=O)cc1)[C@H]1CC(=O)N(c2cccc(Cl)c2)C1=O. The van der Waals surface area contributed by atoms with Crippen molar-refractivity contribution >= 4 is 45.0 Å². The topological polar surface area (TPSA) is 118 Å². The number of benzene rings is 2. The number of anilines is 1. The van der Waals surface area contributed by atoms with Crippen LogP contribution in [0.2, 0.25) is 5.02 Å². The van der Waals surface area contributed by atoms with Crippen molar-refractivity contribution in [1.29, 1.82) is 0 Å². The third-order valence-corrected chi connectivity index (χ3v) is 6.03. The summed E-state index contributed by atoms with van der Waals surface area (Å²) < 4.78 is 22.7. The molecule has 2 aromatic rings. The monoisotopic (exact) mass is 449 g/mol. The summed E-state index contributed by atoms with van der Waals surface area (Å²) in [6.07, 6.45) is 0.259. The number of hydrogen-bond donors (Lipinski definition) is 1. The molecule has 1 heterocycles. The van der Waals surface area contributed by atoms with E-state index in [4.69, 9.17) is 16.7 Å². The number of rotatable bonds is 6. The second-order valence-electron chi connectivity index (χ2n) is 6.92. The lowest BCUT2D eigenvalue weighted by molar-refractivity contribution is -0.136. The smallest absolute Gasteiger partial charge is 0.257 e. The second-order valence-corrected chi connectivity index (χ2v) is 8.92. The van der Waals surface area contributed by atoms with Crippen molar-refractivity contribution in [2.45, 2.75) is 30.7 Å². The lowest BCUT2D eigenvalue weighted by Crippen LogP contribution is -2.45. The Labute approximate surface area is 179 Å². The fourth-order valence-corrected chi connectivity index (χ4v) is 4.07. The summed E-state index contributed by atoms with van der Waals surface area (Å²) in [4.78, 5) is 40.0. The number of carbonyl (C=O) groups excluding carboxylic acids is 3. The van der Waals surface area contributed by atoms with Gasteiger partial charge in [-0.05, 0) is 42.3 Å². The van der Waals surface area contributed by atoms with Gasteiger partial charge >= 0.3 is 0 Å². The Morgan fingerprint density at radius 2 is 1.87 bits per heavy atom. The first-order valence-corrected chi connectivity index (χ1v) is 11.0. The van der Waals surface area contributed by atoms with Crippen molar-refractivity contribution in [3.05, 3.63) is 59.1 Å². The van der Waals surface area contributed by atoms with Gasteiger partial charge < -0.3 is 4.90 Å². The Hall–Kier alpha value is -2.75. The molecular weight excluding hydrogens is 430 g/mol. The maximum atomic E-state index is 12.9. The zero-order valence-electron chi connectivity index (χ0n) is 16.1. The highest BCUT2D eigenvalue weighted by Gasteiger charge is 2.43. The summed E-state index contributed by atoms with van der Waals surface area (Å²) >= 11 is 5.97. The van der Waals surface area contributed by atoms with E-state index in [-0.39, 0.29) is 23.8 Å². The first-order chi connectivity index (χ1) is 14.1. The molecule has 2 N–H and O–H groups in total. The number of halogens is 1. The van der Waals surface area contributed by atoms with Crippen molar-refractivity contribution in [3.63, 3.8) is 0 Å². The molecule has 30 heavy (non-hydrogen) atoms. The fourth-order valence-electron chi connectivity index (χ4n) is 3.37. The van der Waals surface area contributed by atoms with E-state index in [1.165, 1.54) is 30.0 Å². The van der Waals surface area contributed by atoms with Crippen LogP contribution in [-0.2, 0) is 30.8 Å². The molecule has 0 bridgehead atoms. The Bertz CT molecular complexity index is 1100. The minimum Gasteiger partial charge on any atom is -0.330 e. The number of sulfonamides is 1. The van der Waals surface area contributed by atoms with E-state index in [0.29, 0.717) is 17.1 Å². The largest absolute Gasteiger partial charge is 0.330 e. The molecule has 8 nitrogen and oxygen atoms in total. The zero-order chi connectivity index (χ0) is 22.1. The van der Waals surface area contributed by atoms with E-state index in [2.05, 4.69) is 0 Å². The van der Waals surface area contributed by atoms with Crippen LogP contribution >= 0.6 is 11.6 Å². The van der Waals surface area contributed by atoms with Crippen LogP contribution in [0, 0.1) is 0 Å². The van der Waals surface area contributed by atoms with Crippen LogP contribution in [0.25, 0.3) is 0 Å². The maximum Gasteiger partial charge on any atom is 0.257 e. The van der Waals surface area contributed by atoms with Gasteiger partial charge in [-0.1, -0.05) is 29.8 Å². The van der Waals surface area contributed by atoms with Gasteiger partial charge in [-0.3, -0.25) is 14.4 Å². The normalized spacial score (nSPS) is 16.8. The van der Waals surface area contributed by atoms with Gasteiger partial charge in [0, 0.05) is 18.5 Å². The third kappa shape index (κ3) is 4.69. The lowest BCUT2D eigenvalue weighted by Gasteiger charge is -2.26. The molecule has 1 fully saturated rings. The predicted molar refractivity (Wildman–Crippen MR) is 111 cm³/mol. The first-order valence-electron chi connectivity index (χ1n) is 9.09. The quantitative estimate of drug-likeness (QED) is 0.673. The van der Waals surface area contributed by atoms with E-state index >= 15 is 0 Å². The molecule has 1 aliphatic rings. The molecule has 2 aromatic carbocycles. The molecule has 3 rings (SSSR count). The highest BCUT2D eigenvalue weighted by Crippen LogP contribution is 2.28. The van der Waals surface area contributed by atoms with Crippen LogP contribution < -0.4 is 10.0 Å². The summed E-state index contributed by atoms with van der Waals surface area (Å²) in [7, 11) is -3.79. The van der Waals surface area contributed by atoms with E-state index < -0.39 is 27.9 Å². The van der Waals surface area contributed by atoms with Crippen LogP contribution in [0.3, 0.4) is 0 Å². The number of hydrogen-bond acceptors (Lipinski definition) is 5. The van der Waals surface area contributed by atoms with Crippen LogP contribution in [0.4, 0.5) is 5.69 Å². The van der Waals surface area contributed by atoms with Crippen molar-refractivity contribution in [1.82, 2.24) is 4.90 Å². The highest BCUT2D eigenvalue weighted by atomic mass is 35.5. The second kappa shape index (κ2) is 8.55. The average molecular weight is 450 g/mol. The average Bonchev–Trinajstić information content (AvgIpc) is 2.95. The number of nitrogens with two attached hydrogens (primary N) is 1. The predicted octanol–water partition coefficient (Wildman–Crippen LogP) is 1.71. The molecule has 158 valence electrons. The lowest BCUT2D eigenvalue weighted by atomic mass is 10.1. The fraction of sp³-hybridized carbons (Fsp3) is 0.250. The number of nitrogens with zero attached hydrogens (tertiary/aromatic N) is 2. The summed E-state index contributed by atoms with van der Waals surface area (Å²) in [6.45, 7) is 1.53. The summed E-state index contributed by atoms with van der Waals surface area (Å²) in [5, 5.41) is 5.48. The third-order valence-electron chi connectivity index (χ3n) is 4.86. The first kappa shape index (κ1) is 21.9. The summed E-state index contributed by atoms with van der Waals surface area (Å²) in [5.74, 6) is -1.23. The Morgan fingerprint density at radius 3 is 2.43 bits per heavy atom. The van der Waals surface area contributed by atoms with E-state index in [0.717, 1.165) is 10.5 Å². The number of carbonyl (C=O) groups is 3. The van der Waals surface area contributed by atoms with Crippen molar-refractivity contribution < 1.29 is 22.8 Å². The highest BCUT2D eigenvalue weighted by molar-refractivity contribution is 7.89. The Balaban J connectivity index is 1.76. The summed E-state index contributed by atoms with van der Waals surface area (Å²) in [5.41, 5.74) is 1.12. The number of imide groups is 1. The molecule has 0 aromatic heterocycles. The van der Waals surface area contributed by atoms with Gasteiger partial charge in [-0.25, -0.2) is 18.5 Å². The van der Waals surface area contributed by atoms with Gasteiger partial charge in [-0.15, -0.1) is 0 Å². The summed E-state index contributed by atoms with van der Waals surface area (Å²) in [6, 6.07) is 11.5. The zero-order valence-corrected chi connectivity index (χ0v) is 17.7. The van der Waals surface area contributed by atoms with Crippen molar-refractivity contribution in [3.8, 4) is 0 Å². The van der Waals surface area contributed by atoms with Gasteiger partial charge in [-0.2, -0.15) is 0 Å². The van der Waals surface area contributed by atoms with Gasteiger partial charge in [0.05, 0.1) is 17.0 Å². The molecule has 3 amide bonds. The molecule has 0 spiro atoms. The van der Waals surface area contributed by atoms with Crippen molar-refractivity contribution in [2.75, 3.05) is 11.4 Å². The standard InChI is InChI=1S/C20H20ClN3O5S/c1-13(25)23(10-9-14-5-7-17(8-6-14)30(22,28)29)18-12-19(26)24(20(18)27)16-4-2-3-15(21)11-16/h2-8,11,18H,9-10,12H2,1H3,(H2,22,28,29)/t18-/m0/s1. The minimum absolute atomic E-state index is 0.0107. The Morgan fingerprint density at radius 1 is 1.20 bits per heavy atom. The minimum atomic E-state index is -3.79. The molecule has 1 aliphatic heterocycles. The van der Waals surface area contributed by atoms with E-state index in [1.807, 2.05) is 0 Å². The molecule has 10 heteroatoms. The number of primary sulfonamides is 1. The molecular formula is C20H20ClN3O5S. The molecule has 1 atom stereocenters. The van der Waals surface area contributed by atoms with Crippen LogP contribution in [0.5, 0.6) is 0 Å². The molecule has 0 unspecified atom stereocenters. The van der Waals surface area contributed by atoms with E-state index in [1.54, 1.807) is 30.3 Å². The van der Waals surface area contributed by atoms with Crippen molar-refractivity contribution in [2.24, 2.45) is 5.14 Å². The molecule has 1 saturated heterocycles. The van der Waals surface area contributed by atoms with Crippen LogP contribution in [0.1, 0.15) is 18.9 Å². The Kier molecular flexibility index (Phi) is 6.25. The number of amides is 3. The van der Waals surface area contributed by atoms with Crippen LogP contribution in [-0.4, -0.2) is 43.6 Å². The van der Waals surface area contributed by atoms with Gasteiger partial charge in [0.15, 0.2) is 0 Å². The van der Waals surface area contributed by atoms with Gasteiger partial charge in [0.1, 0.15) is 6.04 Å². The van der Waals surface area contributed by atoms with E-state index in [9.17, 15) is 22.8 Å². The maximum absolute atomic E-state index is 12.9.